The van der Waals surface area contributed by atoms with Gasteiger partial charge in [0.05, 0.1) is 4.90 Å². The van der Waals surface area contributed by atoms with Gasteiger partial charge in [0.2, 0.25) is 10.0 Å². The number of piperazine rings is 1. The van der Waals surface area contributed by atoms with Crippen LogP contribution in [0.4, 0.5) is 5.69 Å². The maximum atomic E-state index is 13.0. The summed E-state index contributed by atoms with van der Waals surface area (Å²) in [6, 6.07) is 15.8. The van der Waals surface area contributed by atoms with Crippen LogP contribution in [-0.4, -0.2) is 38.9 Å². The number of anilines is 1. The highest BCUT2D eigenvalue weighted by molar-refractivity contribution is 7.89. The highest BCUT2D eigenvalue weighted by atomic mass is 32.2. The second-order valence-corrected chi connectivity index (χ2v) is 9.93. The fourth-order valence-corrected chi connectivity index (χ4v) is 4.86. The normalized spacial score (nSPS) is 16.5. The largest absolute Gasteiger partial charge is 0.369 e. The fourth-order valence-electron chi connectivity index (χ4n) is 3.44. The lowest BCUT2D eigenvalue weighted by Gasteiger charge is -2.35. The summed E-state index contributed by atoms with van der Waals surface area (Å²) >= 11 is 0. The lowest BCUT2D eigenvalue weighted by atomic mass is 9.82. The van der Waals surface area contributed by atoms with Crippen LogP contribution in [0.15, 0.2) is 53.4 Å². The van der Waals surface area contributed by atoms with Crippen LogP contribution in [0.1, 0.15) is 38.3 Å². The summed E-state index contributed by atoms with van der Waals surface area (Å²) in [4.78, 5) is 2.65. The lowest BCUT2D eigenvalue weighted by Crippen LogP contribution is -2.48. The Labute approximate surface area is 163 Å². The SMILES string of the molecule is CCC(C)(C)c1ccc(S(=O)(=O)N2CCN(c3cccc(C)c3)CC2)cc1. The molecule has 146 valence electrons. The lowest BCUT2D eigenvalue weighted by molar-refractivity contribution is 0.385. The molecule has 5 heteroatoms. The van der Waals surface area contributed by atoms with Gasteiger partial charge in [-0.2, -0.15) is 4.31 Å². The third-order valence-electron chi connectivity index (χ3n) is 5.76. The van der Waals surface area contributed by atoms with E-state index in [4.69, 9.17) is 0 Å². The molecule has 0 spiro atoms. The smallest absolute Gasteiger partial charge is 0.243 e. The summed E-state index contributed by atoms with van der Waals surface area (Å²) in [6.45, 7) is 11.0. The Morgan fingerprint density at radius 3 is 2.15 bits per heavy atom. The van der Waals surface area contributed by atoms with E-state index in [1.807, 2.05) is 18.2 Å². The molecule has 2 aromatic carbocycles. The Hall–Kier alpha value is -1.85. The van der Waals surface area contributed by atoms with Gasteiger partial charge in [0.15, 0.2) is 0 Å². The van der Waals surface area contributed by atoms with Crippen molar-refractivity contribution in [2.45, 2.75) is 44.4 Å². The van der Waals surface area contributed by atoms with Crippen molar-refractivity contribution in [3.05, 3.63) is 59.7 Å². The highest BCUT2D eigenvalue weighted by Gasteiger charge is 2.29. The highest BCUT2D eigenvalue weighted by Crippen LogP contribution is 2.28. The van der Waals surface area contributed by atoms with Crippen molar-refractivity contribution < 1.29 is 8.42 Å². The third kappa shape index (κ3) is 4.19. The van der Waals surface area contributed by atoms with E-state index in [2.05, 4.69) is 50.8 Å². The van der Waals surface area contributed by atoms with Crippen molar-refractivity contribution in [2.24, 2.45) is 0 Å². The van der Waals surface area contributed by atoms with Crippen molar-refractivity contribution in [1.29, 1.82) is 0 Å². The van der Waals surface area contributed by atoms with Gasteiger partial charge >= 0.3 is 0 Å². The molecule has 4 nitrogen and oxygen atoms in total. The first-order valence-corrected chi connectivity index (χ1v) is 11.1. The zero-order valence-electron chi connectivity index (χ0n) is 16.8. The minimum atomic E-state index is -3.44. The van der Waals surface area contributed by atoms with Gasteiger partial charge in [-0.25, -0.2) is 8.42 Å². The van der Waals surface area contributed by atoms with Gasteiger partial charge in [-0.1, -0.05) is 45.0 Å². The molecule has 27 heavy (non-hydrogen) atoms. The van der Waals surface area contributed by atoms with Crippen molar-refractivity contribution in [3.8, 4) is 0 Å². The zero-order valence-corrected chi connectivity index (χ0v) is 17.6. The number of benzene rings is 2. The molecule has 1 aliphatic rings. The summed E-state index contributed by atoms with van der Waals surface area (Å²) in [7, 11) is -3.44. The molecule has 2 aromatic rings. The summed E-state index contributed by atoms with van der Waals surface area (Å²) in [5.74, 6) is 0. The van der Waals surface area contributed by atoms with E-state index in [-0.39, 0.29) is 5.41 Å². The predicted molar refractivity (Wildman–Crippen MR) is 112 cm³/mol. The molecule has 0 aliphatic carbocycles. The van der Waals surface area contributed by atoms with Gasteiger partial charge in [0.1, 0.15) is 0 Å². The van der Waals surface area contributed by atoms with E-state index < -0.39 is 10.0 Å². The maximum absolute atomic E-state index is 13.0. The molecule has 1 aliphatic heterocycles. The van der Waals surface area contributed by atoms with Crippen LogP contribution < -0.4 is 4.90 Å². The first kappa shape index (κ1) is 19.9. The Morgan fingerprint density at radius 1 is 0.963 bits per heavy atom. The molecule has 0 aromatic heterocycles. The van der Waals surface area contributed by atoms with Gasteiger partial charge in [0.25, 0.3) is 0 Å². The van der Waals surface area contributed by atoms with Crippen molar-refractivity contribution in [1.82, 2.24) is 4.31 Å². The predicted octanol–water partition coefficient (Wildman–Crippen LogP) is 4.19. The standard InChI is InChI=1S/C22H30N2O2S/c1-5-22(3,4)19-9-11-21(12-10-19)27(25,26)24-15-13-23(14-16-24)20-8-6-7-18(2)17-20/h6-12,17H,5,13-16H2,1-4H3. The second kappa shape index (κ2) is 7.64. The number of hydrogen-bond acceptors (Lipinski definition) is 3. The summed E-state index contributed by atoms with van der Waals surface area (Å²) < 4.78 is 27.7. The first-order chi connectivity index (χ1) is 12.7. The summed E-state index contributed by atoms with van der Waals surface area (Å²) in [5.41, 5.74) is 3.62. The van der Waals surface area contributed by atoms with Gasteiger partial charge < -0.3 is 4.90 Å². The van der Waals surface area contributed by atoms with E-state index in [0.717, 1.165) is 12.1 Å². The second-order valence-electron chi connectivity index (χ2n) is 7.99. The minimum absolute atomic E-state index is 0.0573. The molecule has 0 atom stereocenters. The molecule has 0 amide bonds. The molecule has 0 bridgehead atoms. The van der Waals surface area contributed by atoms with Crippen molar-refractivity contribution >= 4 is 15.7 Å². The Morgan fingerprint density at radius 2 is 1.59 bits per heavy atom. The van der Waals surface area contributed by atoms with Gasteiger partial charge in [0, 0.05) is 31.9 Å². The Balaban J connectivity index is 1.71. The zero-order chi connectivity index (χ0) is 19.7. The van der Waals surface area contributed by atoms with Crippen LogP contribution in [0.3, 0.4) is 0 Å². The van der Waals surface area contributed by atoms with Crippen LogP contribution in [0.25, 0.3) is 0 Å². The fraction of sp³-hybridized carbons (Fsp3) is 0.455. The molecule has 1 fully saturated rings. The van der Waals surface area contributed by atoms with Gasteiger partial charge in [-0.05, 0) is 54.2 Å². The first-order valence-electron chi connectivity index (χ1n) is 9.66. The number of hydrogen-bond donors (Lipinski definition) is 0. The molecule has 0 radical (unpaired) electrons. The minimum Gasteiger partial charge on any atom is -0.369 e. The van der Waals surface area contributed by atoms with Crippen LogP contribution in [0.5, 0.6) is 0 Å². The van der Waals surface area contributed by atoms with E-state index in [1.54, 1.807) is 16.4 Å². The Bertz CT molecular complexity index is 881. The maximum Gasteiger partial charge on any atom is 0.243 e. The van der Waals surface area contributed by atoms with Crippen LogP contribution in [0, 0.1) is 6.92 Å². The number of nitrogens with zero attached hydrogens (tertiary/aromatic N) is 2. The summed E-state index contributed by atoms with van der Waals surface area (Å²) in [6.07, 6.45) is 1.01. The molecule has 0 unspecified atom stereocenters. The van der Waals surface area contributed by atoms with Crippen LogP contribution in [-0.2, 0) is 15.4 Å². The molecule has 1 heterocycles. The van der Waals surface area contributed by atoms with Crippen molar-refractivity contribution in [2.75, 3.05) is 31.1 Å². The van der Waals surface area contributed by atoms with E-state index in [0.29, 0.717) is 31.1 Å². The quantitative estimate of drug-likeness (QED) is 0.773. The van der Waals surface area contributed by atoms with E-state index >= 15 is 0 Å². The molecular weight excluding hydrogens is 356 g/mol. The molecule has 0 N–H and O–H groups in total. The molecular formula is C22H30N2O2S. The number of aryl methyl sites for hydroxylation is 1. The van der Waals surface area contributed by atoms with Crippen molar-refractivity contribution in [3.63, 3.8) is 0 Å². The van der Waals surface area contributed by atoms with Crippen LogP contribution in [0.2, 0.25) is 0 Å². The van der Waals surface area contributed by atoms with Crippen LogP contribution >= 0.6 is 0 Å². The summed E-state index contributed by atoms with van der Waals surface area (Å²) in [5, 5.41) is 0. The third-order valence-corrected chi connectivity index (χ3v) is 7.68. The number of sulfonamides is 1. The molecule has 0 saturated carbocycles. The molecule has 1 saturated heterocycles. The van der Waals surface area contributed by atoms with Gasteiger partial charge in [-0.3, -0.25) is 0 Å². The number of rotatable bonds is 5. The van der Waals surface area contributed by atoms with Gasteiger partial charge in [-0.15, -0.1) is 0 Å². The van der Waals surface area contributed by atoms with E-state index in [1.165, 1.54) is 11.1 Å². The monoisotopic (exact) mass is 386 g/mol. The molecule has 3 rings (SSSR count). The Kier molecular flexibility index (Phi) is 5.63. The average molecular weight is 387 g/mol. The topological polar surface area (TPSA) is 40.6 Å². The average Bonchev–Trinajstić information content (AvgIpc) is 2.68. The van der Waals surface area contributed by atoms with E-state index in [9.17, 15) is 8.42 Å².